The third-order valence-corrected chi connectivity index (χ3v) is 2.83. The molecule has 0 aliphatic heterocycles. The molecule has 0 aromatic heterocycles. The molecule has 1 rings (SSSR count). The molecule has 0 aromatic carbocycles. The van der Waals surface area contributed by atoms with Crippen molar-refractivity contribution in [3.8, 4) is 0 Å². The predicted octanol–water partition coefficient (Wildman–Crippen LogP) is 2.27. The standard InChI is InChI=1S/C12H21NO3/c1-11(2,3)16-10(15)13-8-12(9-14)6-4-5-7-12/h9H,4-8H2,1-3H3,(H,13,15). The van der Waals surface area contributed by atoms with Gasteiger partial charge in [0.2, 0.25) is 0 Å². The number of hydrogen-bond acceptors (Lipinski definition) is 3. The summed E-state index contributed by atoms with van der Waals surface area (Å²) < 4.78 is 5.12. The fourth-order valence-corrected chi connectivity index (χ4v) is 1.98. The van der Waals surface area contributed by atoms with E-state index in [4.69, 9.17) is 4.74 Å². The Morgan fingerprint density at radius 3 is 2.38 bits per heavy atom. The highest BCUT2D eigenvalue weighted by molar-refractivity contribution is 5.69. The van der Waals surface area contributed by atoms with Crippen molar-refractivity contribution in [2.45, 2.75) is 52.1 Å². The second-order valence-corrected chi connectivity index (χ2v) is 5.54. The Kier molecular flexibility index (Phi) is 3.94. The van der Waals surface area contributed by atoms with Crippen molar-refractivity contribution in [3.63, 3.8) is 0 Å². The minimum atomic E-state index is -0.492. The fraction of sp³-hybridized carbons (Fsp3) is 0.833. The van der Waals surface area contributed by atoms with Crippen LogP contribution in [0.2, 0.25) is 0 Å². The summed E-state index contributed by atoms with van der Waals surface area (Å²) in [5.41, 5.74) is -0.842. The molecule has 0 unspecified atom stereocenters. The average Bonchev–Trinajstić information content (AvgIpc) is 2.61. The molecule has 1 aliphatic carbocycles. The Balaban J connectivity index is 2.38. The number of carbonyl (C=O) groups is 2. The van der Waals surface area contributed by atoms with Gasteiger partial charge in [0.1, 0.15) is 11.9 Å². The topological polar surface area (TPSA) is 55.4 Å². The molecule has 0 saturated heterocycles. The van der Waals surface area contributed by atoms with Crippen LogP contribution in [0.5, 0.6) is 0 Å². The highest BCUT2D eigenvalue weighted by atomic mass is 16.6. The number of hydrogen-bond donors (Lipinski definition) is 1. The summed E-state index contributed by atoms with van der Waals surface area (Å²) in [7, 11) is 0. The normalized spacial score (nSPS) is 19.2. The molecule has 4 nitrogen and oxygen atoms in total. The van der Waals surface area contributed by atoms with Gasteiger partial charge in [-0.15, -0.1) is 0 Å². The molecule has 0 radical (unpaired) electrons. The van der Waals surface area contributed by atoms with Crippen LogP contribution in [0.25, 0.3) is 0 Å². The number of ether oxygens (including phenoxy) is 1. The number of alkyl carbamates (subject to hydrolysis) is 1. The third kappa shape index (κ3) is 3.83. The molecule has 4 heteroatoms. The molecule has 1 amide bonds. The highest BCUT2D eigenvalue weighted by Gasteiger charge is 2.34. The van der Waals surface area contributed by atoms with Gasteiger partial charge in [-0.05, 0) is 33.6 Å². The van der Waals surface area contributed by atoms with E-state index in [-0.39, 0.29) is 5.41 Å². The first kappa shape index (κ1) is 13.0. The van der Waals surface area contributed by atoms with E-state index in [2.05, 4.69) is 5.32 Å². The lowest BCUT2D eigenvalue weighted by atomic mass is 9.88. The van der Waals surface area contributed by atoms with Gasteiger partial charge in [0.25, 0.3) is 0 Å². The van der Waals surface area contributed by atoms with E-state index in [9.17, 15) is 9.59 Å². The van der Waals surface area contributed by atoms with Crippen LogP contribution in [0.3, 0.4) is 0 Å². The van der Waals surface area contributed by atoms with Crippen LogP contribution in [-0.2, 0) is 9.53 Å². The summed E-state index contributed by atoms with van der Waals surface area (Å²) in [6.07, 6.45) is 4.40. The van der Waals surface area contributed by atoms with E-state index in [1.165, 1.54) is 0 Å². The summed E-state index contributed by atoms with van der Waals surface area (Å²) in [6, 6.07) is 0. The van der Waals surface area contributed by atoms with Gasteiger partial charge in [-0.3, -0.25) is 0 Å². The van der Waals surface area contributed by atoms with Crippen molar-refractivity contribution in [1.82, 2.24) is 5.32 Å². The summed E-state index contributed by atoms with van der Waals surface area (Å²) >= 11 is 0. The second kappa shape index (κ2) is 4.85. The minimum absolute atomic E-state index is 0.350. The monoisotopic (exact) mass is 227 g/mol. The van der Waals surface area contributed by atoms with Gasteiger partial charge in [-0.1, -0.05) is 12.8 Å². The molecular formula is C12H21NO3. The number of aldehydes is 1. The van der Waals surface area contributed by atoms with Crippen LogP contribution in [0.4, 0.5) is 4.79 Å². The molecule has 1 N–H and O–H groups in total. The van der Waals surface area contributed by atoms with Crippen LogP contribution < -0.4 is 5.32 Å². The van der Waals surface area contributed by atoms with Crippen LogP contribution in [-0.4, -0.2) is 24.5 Å². The first-order chi connectivity index (χ1) is 7.37. The van der Waals surface area contributed by atoms with E-state index in [0.29, 0.717) is 6.54 Å². The van der Waals surface area contributed by atoms with E-state index < -0.39 is 11.7 Å². The maximum absolute atomic E-state index is 11.4. The second-order valence-electron chi connectivity index (χ2n) is 5.54. The third-order valence-electron chi connectivity index (χ3n) is 2.83. The van der Waals surface area contributed by atoms with Crippen LogP contribution in [0.1, 0.15) is 46.5 Å². The van der Waals surface area contributed by atoms with Crippen molar-refractivity contribution in [2.24, 2.45) is 5.41 Å². The largest absolute Gasteiger partial charge is 0.444 e. The number of carbonyl (C=O) groups excluding carboxylic acids is 2. The predicted molar refractivity (Wildman–Crippen MR) is 61.2 cm³/mol. The lowest BCUT2D eigenvalue weighted by Gasteiger charge is -2.24. The van der Waals surface area contributed by atoms with Gasteiger partial charge in [0.15, 0.2) is 0 Å². The van der Waals surface area contributed by atoms with Crippen molar-refractivity contribution in [1.29, 1.82) is 0 Å². The van der Waals surface area contributed by atoms with E-state index in [1.54, 1.807) is 0 Å². The van der Waals surface area contributed by atoms with Gasteiger partial charge in [0.05, 0.1) is 0 Å². The SMILES string of the molecule is CC(C)(C)OC(=O)NCC1(C=O)CCCC1. The average molecular weight is 227 g/mol. The van der Waals surface area contributed by atoms with Crippen LogP contribution in [0.15, 0.2) is 0 Å². The van der Waals surface area contributed by atoms with E-state index in [1.807, 2.05) is 20.8 Å². The molecule has 1 fully saturated rings. The Hall–Kier alpha value is -1.06. The lowest BCUT2D eigenvalue weighted by Crippen LogP contribution is -2.39. The Morgan fingerprint density at radius 2 is 1.94 bits per heavy atom. The zero-order chi connectivity index (χ0) is 12.2. The fourth-order valence-electron chi connectivity index (χ4n) is 1.98. The van der Waals surface area contributed by atoms with Gasteiger partial charge in [-0.2, -0.15) is 0 Å². The number of nitrogens with one attached hydrogen (secondary N) is 1. The van der Waals surface area contributed by atoms with Gasteiger partial charge in [-0.25, -0.2) is 4.79 Å². The van der Waals surface area contributed by atoms with Gasteiger partial charge >= 0.3 is 6.09 Å². The minimum Gasteiger partial charge on any atom is -0.444 e. The van der Waals surface area contributed by atoms with Gasteiger partial charge in [0, 0.05) is 12.0 Å². The zero-order valence-corrected chi connectivity index (χ0v) is 10.3. The Bertz CT molecular complexity index is 262. The molecule has 0 spiro atoms. The highest BCUT2D eigenvalue weighted by Crippen LogP contribution is 2.35. The van der Waals surface area contributed by atoms with E-state index >= 15 is 0 Å². The van der Waals surface area contributed by atoms with Crippen molar-refractivity contribution in [2.75, 3.05) is 6.54 Å². The van der Waals surface area contributed by atoms with Gasteiger partial charge < -0.3 is 14.8 Å². The van der Waals surface area contributed by atoms with E-state index in [0.717, 1.165) is 32.0 Å². The Labute approximate surface area is 96.7 Å². The lowest BCUT2D eigenvalue weighted by molar-refractivity contribution is -0.115. The first-order valence-corrected chi connectivity index (χ1v) is 5.80. The van der Waals surface area contributed by atoms with Crippen molar-refractivity contribution < 1.29 is 14.3 Å². The molecule has 0 aromatic rings. The van der Waals surface area contributed by atoms with Crippen LogP contribution in [0, 0.1) is 5.41 Å². The number of amides is 1. The Morgan fingerprint density at radius 1 is 1.38 bits per heavy atom. The summed E-state index contributed by atoms with van der Waals surface area (Å²) in [6.45, 7) is 5.85. The quantitative estimate of drug-likeness (QED) is 0.752. The molecule has 0 atom stereocenters. The van der Waals surface area contributed by atoms with Crippen molar-refractivity contribution in [3.05, 3.63) is 0 Å². The summed E-state index contributed by atoms with van der Waals surface area (Å²) in [4.78, 5) is 22.5. The molecule has 92 valence electrons. The molecule has 0 bridgehead atoms. The summed E-state index contributed by atoms with van der Waals surface area (Å²) in [5.74, 6) is 0. The first-order valence-electron chi connectivity index (χ1n) is 5.80. The maximum atomic E-state index is 11.4. The molecule has 1 aliphatic rings. The smallest absolute Gasteiger partial charge is 0.407 e. The van der Waals surface area contributed by atoms with Crippen LogP contribution >= 0.6 is 0 Å². The molecular weight excluding hydrogens is 206 g/mol. The van der Waals surface area contributed by atoms with Crippen molar-refractivity contribution >= 4 is 12.4 Å². The molecule has 16 heavy (non-hydrogen) atoms. The summed E-state index contributed by atoms with van der Waals surface area (Å²) in [5, 5.41) is 2.68. The molecule has 1 saturated carbocycles. The maximum Gasteiger partial charge on any atom is 0.407 e. The number of rotatable bonds is 3. The zero-order valence-electron chi connectivity index (χ0n) is 10.3. The molecule has 0 heterocycles.